The van der Waals surface area contributed by atoms with Gasteiger partial charge in [0.2, 0.25) is 0 Å². The van der Waals surface area contributed by atoms with E-state index in [1.54, 1.807) is 12.1 Å². The quantitative estimate of drug-likeness (QED) is 0.689. The zero-order valence-electron chi connectivity index (χ0n) is 9.54. The predicted molar refractivity (Wildman–Crippen MR) is 61.3 cm³/mol. The summed E-state index contributed by atoms with van der Waals surface area (Å²) in [5.74, 6) is 1.98. The zero-order chi connectivity index (χ0) is 10.8. The summed E-state index contributed by atoms with van der Waals surface area (Å²) in [5.41, 5.74) is 1.32. The van der Waals surface area contributed by atoms with Crippen molar-refractivity contribution in [2.45, 2.75) is 39.0 Å². The molecule has 1 unspecified atom stereocenters. The lowest BCUT2D eigenvalue weighted by atomic mass is 9.69. The summed E-state index contributed by atoms with van der Waals surface area (Å²) < 4.78 is 12.8. The monoisotopic (exact) mass is 206 g/mol. The van der Waals surface area contributed by atoms with Crippen LogP contribution in [0.4, 0.5) is 4.39 Å². The molecule has 0 heterocycles. The van der Waals surface area contributed by atoms with Gasteiger partial charge in [-0.05, 0) is 48.3 Å². The van der Waals surface area contributed by atoms with Gasteiger partial charge in [0.15, 0.2) is 0 Å². The molecule has 0 bridgehead atoms. The Hall–Kier alpha value is -0.850. The Balaban J connectivity index is 2.19. The molecule has 82 valence electrons. The van der Waals surface area contributed by atoms with Crippen LogP contribution in [0.1, 0.15) is 44.6 Å². The molecule has 2 rings (SSSR count). The van der Waals surface area contributed by atoms with Crippen molar-refractivity contribution in [3.63, 3.8) is 0 Å². The summed E-state index contributed by atoms with van der Waals surface area (Å²) in [5, 5.41) is 0. The van der Waals surface area contributed by atoms with Crippen molar-refractivity contribution in [3.05, 3.63) is 35.6 Å². The summed E-state index contributed by atoms with van der Waals surface area (Å²) in [4.78, 5) is 0. The maximum atomic E-state index is 12.8. The Bertz CT molecular complexity index is 309. The first-order chi connectivity index (χ1) is 7.18. The fourth-order valence-electron chi connectivity index (χ4n) is 2.69. The highest BCUT2D eigenvalue weighted by atomic mass is 19.1. The highest BCUT2D eigenvalue weighted by Gasteiger charge is 2.30. The van der Waals surface area contributed by atoms with Crippen molar-refractivity contribution in [2.24, 2.45) is 11.8 Å². The van der Waals surface area contributed by atoms with Gasteiger partial charge in [0.05, 0.1) is 0 Å². The Kier molecular flexibility index (Phi) is 3.08. The lowest BCUT2D eigenvalue weighted by Gasteiger charge is -2.36. The second-order valence-electron chi connectivity index (χ2n) is 5.01. The van der Waals surface area contributed by atoms with Gasteiger partial charge in [-0.2, -0.15) is 0 Å². The lowest BCUT2D eigenvalue weighted by molar-refractivity contribution is 0.221. The van der Waals surface area contributed by atoms with Gasteiger partial charge in [0.1, 0.15) is 5.82 Å². The third-order valence-electron chi connectivity index (χ3n) is 3.63. The molecule has 0 saturated heterocycles. The molecule has 1 saturated carbocycles. The van der Waals surface area contributed by atoms with Gasteiger partial charge in [-0.1, -0.05) is 32.4 Å². The second kappa shape index (κ2) is 4.34. The summed E-state index contributed by atoms with van der Waals surface area (Å²) in [6.45, 7) is 4.54. The van der Waals surface area contributed by atoms with E-state index in [9.17, 15) is 4.39 Å². The molecule has 1 heteroatoms. The Morgan fingerprint density at radius 1 is 1.13 bits per heavy atom. The molecule has 1 aromatic rings. The minimum absolute atomic E-state index is 0.130. The molecular formula is C14H19F. The summed E-state index contributed by atoms with van der Waals surface area (Å²) in [6.07, 6.45) is 4.07. The van der Waals surface area contributed by atoms with Gasteiger partial charge < -0.3 is 0 Å². The van der Waals surface area contributed by atoms with Crippen molar-refractivity contribution in [1.82, 2.24) is 0 Å². The average Bonchev–Trinajstić information content (AvgIpc) is 2.12. The summed E-state index contributed by atoms with van der Waals surface area (Å²) in [6, 6.07) is 7.09. The molecular weight excluding hydrogens is 187 g/mol. The highest BCUT2D eigenvalue weighted by molar-refractivity contribution is 5.22. The second-order valence-corrected chi connectivity index (χ2v) is 5.01. The van der Waals surface area contributed by atoms with Gasteiger partial charge in [-0.25, -0.2) is 4.39 Å². The third kappa shape index (κ3) is 2.22. The first-order valence-electron chi connectivity index (χ1n) is 5.94. The van der Waals surface area contributed by atoms with Crippen LogP contribution in [0.25, 0.3) is 0 Å². The lowest BCUT2D eigenvalue weighted by Crippen LogP contribution is -2.24. The molecule has 1 atom stereocenters. The van der Waals surface area contributed by atoms with Gasteiger partial charge in [-0.15, -0.1) is 0 Å². The maximum absolute atomic E-state index is 12.8. The molecule has 0 N–H and O–H groups in total. The normalized spacial score (nSPS) is 18.9. The smallest absolute Gasteiger partial charge is 0.123 e. The van der Waals surface area contributed by atoms with Crippen molar-refractivity contribution in [1.29, 1.82) is 0 Å². The molecule has 0 amide bonds. The number of hydrogen-bond donors (Lipinski definition) is 0. The fourth-order valence-corrected chi connectivity index (χ4v) is 2.69. The molecule has 1 aromatic carbocycles. The fraction of sp³-hybridized carbons (Fsp3) is 0.571. The van der Waals surface area contributed by atoms with Gasteiger partial charge >= 0.3 is 0 Å². The zero-order valence-corrected chi connectivity index (χ0v) is 9.54. The van der Waals surface area contributed by atoms with E-state index in [0.717, 1.165) is 5.92 Å². The van der Waals surface area contributed by atoms with E-state index in [2.05, 4.69) is 13.8 Å². The van der Waals surface area contributed by atoms with Crippen molar-refractivity contribution in [3.8, 4) is 0 Å². The van der Waals surface area contributed by atoms with Crippen LogP contribution in [-0.2, 0) is 0 Å². The number of hydrogen-bond acceptors (Lipinski definition) is 0. The molecule has 1 fully saturated rings. The largest absolute Gasteiger partial charge is 0.207 e. The molecule has 15 heavy (non-hydrogen) atoms. The van der Waals surface area contributed by atoms with Crippen LogP contribution in [0.15, 0.2) is 24.3 Å². The average molecular weight is 206 g/mol. The van der Waals surface area contributed by atoms with Crippen LogP contribution >= 0.6 is 0 Å². The van der Waals surface area contributed by atoms with E-state index >= 15 is 0 Å². The van der Waals surface area contributed by atoms with E-state index in [1.165, 1.54) is 24.8 Å². The van der Waals surface area contributed by atoms with Crippen LogP contribution in [0, 0.1) is 17.7 Å². The summed E-state index contributed by atoms with van der Waals surface area (Å²) in [7, 11) is 0. The standard InChI is InChI=1S/C14H19F/c1-10(2)14(11-4-3-5-11)12-6-8-13(15)9-7-12/h6-11,14H,3-5H2,1-2H3. The molecule has 0 aliphatic heterocycles. The van der Waals surface area contributed by atoms with E-state index in [4.69, 9.17) is 0 Å². The van der Waals surface area contributed by atoms with Crippen molar-refractivity contribution in [2.75, 3.05) is 0 Å². The van der Waals surface area contributed by atoms with Crippen molar-refractivity contribution >= 4 is 0 Å². The number of rotatable bonds is 3. The van der Waals surface area contributed by atoms with Gasteiger partial charge in [-0.3, -0.25) is 0 Å². The van der Waals surface area contributed by atoms with Crippen LogP contribution < -0.4 is 0 Å². The minimum Gasteiger partial charge on any atom is -0.207 e. The van der Waals surface area contributed by atoms with Crippen molar-refractivity contribution < 1.29 is 4.39 Å². The molecule has 0 spiro atoms. The summed E-state index contributed by atoms with van der Waals surface area (Å²) >= 11 is 0. The molecule has 0 nitrogen and oxygen atoms in total. The predicted octanol–water partition coefficient (Wildman–Crippen LogP) is 4.37. The van der Waals surface area contributed by atoms with Crippen LogP contribution in [-0.4, -0.2) is 0 Å². The SMILES string of the molecule is CC(C)C(c1ccc(F)cc1)C1CCC1. The topological polar surface area (TPSA) is 0 Å². The first kappa shape index (κ1) is 10.7. The Morgan fingerprint density at radius 2 is 1.73 bits per heavy atom. The number of halogens is 1. The third-order valence-corrected chi connectivity index (χ3v) is 3.63. The minimum atomic E-state index is -0.130. The molecule has 0 aromatic heterocycles. The molecule has 1 aliphatic rings. The van der Waals surface area contributed by atoms with E-state index in [0.29, 0.717) is 11.8 Å². The molecule has 1 aliphatic carbocycles. The van der Waals surface area contributed by atoms with E-state index < -0.39 is 0 Å². The Morgan fingerprint density at radius 3 is 2.13 bits per heavy atom. The van der Waals surface area contributed by atoms with Crippen LogP contribution in [0.2, 0.25) is 0 Å². The highest BCUT2D eigenvalue weighted by Crippen LogP contribution is 2.43. The molecule has 0 radical (unpaired) electrons. The van der Waals surface area contributed by atoms with Crippen LogP contribution in [0.3, 0.4) is 0 Å². The number of benzene rings is 1. The first-order valence-corrected chi connectivity index (χ1v) is 5.94. The maximum Gasteiger partial charge on any atom is 0.123 e. The van der Waals surface area contributed by atoms with Crippen LogP contribution in [0.5, 0.6) is 0 Å². The van der Waals surface area contributed by atoms with Gasteiger partial charge in [0, 0.05) is 0 Å². The Labute approximate surface area is 91.5 Å². The van der Waals surface area contributed by atoms with E-state index in [1.807, 2.05) is 12.1 Å². The van der Waals surface area contributed by atoms with Gasteiger partial charge in [0.25, 0.3) is 0 Å². The van der Waals surface area contributed by atoms with E-state index in [-0.39, 0.29) is 5.82 Å².